The molecule has 5 nitrogen and oxygen atoms in total. The number of aromatic nitrogens is 2. The van der Waals surface area contributed by atoms with E-state index in [-0.39, 0.29) is 11.6 Å². The van der Waals surface area contributed by atoms with Crippen LogP contribution in [0.15, 0.2) is 36.4 Å². The second kappa shape index (κ2) is 6.57. The highest BCUT2D eigenvalue weighted by Gasteiger charge is 2.26. The second-order valence-corrected chi connectivity index (χ2v) is 6.72. The molecule has 1 aromatic heterocycles. The van der Waals surface area contributed by atoms with Crippen LogP contribution in [0.2, 0.25) is 0 Å². The molecule has 7 heteroatoms. The molecule has 0 bridgehead atoms. The van der Waals surface area contributed by atoms with Gasteiger partial charge in [0.15, 0.2) is 17.5 Å². The Hall–Kier alpha value is -3.09. The molecule has 0 amide bonds. The lowest BCUT2D eigenvalue weighted by molar-refractivity contribution is 0.0697. The third-order valence-electron chi connectivity index (χ3n) is 4.91. The van der Waals surface area contributed by atoms with Gasteiger partial charge in [0.25, 0.3) is 0 Å². The third kappa shape index (κ3) is 3.09. The maximum atomic E-state index is 13.8. The lowest BCUT2D eigenvalue weighted by atomic mass is 10.1. The van der Waals surface area contributed by atoms with E-state index in [0.29, 0.717) is 28.1 Å². The van der Waals surface area contributed by atoms with Gasteiger partial charge in [0.2, 0.25) is 0 Å². The molecule has 1 aliphatic rings. The van der Waals surface area contributed by atoms with Crippen molar-refractivity contribution in [2.24, 2.45) is 0 Å². The predicted molar refractivity (Wildman–Crippen MR) is 97.9 cm³/mol. The van der Waals surface area contributed by atoms with Gasteiger partial charge in [-0.3, -0.25) is 0 Å². The van der Waals surface area contributed by atoms with Crippen molar-refractivity contribution in [3.8, 4) is 11.3 Å². The van der Waals surface area contributed by atoms with Crippen LogP contribution in [0.25, 0.3) is 22.3 Å². The van der Waals surface area contributed by atoms with Crippen LogP contribution in [-0.4, -0.2) is 33.6 Å². The molecule has 2 heterocycles. The first-order valence-corrected chi connectivity index (χ1v) is 8.71. The zero-order valence-electron chi connectivity index (χ0n) is 14.6. The van der Waals surface area contributed by atoms with E-state index in [1.807, 2.05) is 0 Å². The Labute approximate surface area is 154 Å². The number of hydrogen-bond acceptors (Lipinski definition) is 4. The Morgan fingerprint density at radius 2 is 1.93 bits per heavy atom. The number of halogens is 2. The van der Waals surface area contributed by atoms with Gasteiger partial charge in [-0.2, -0.15) is 0 Å². The molecule has 1 aliphatic heterocycles. The van der Waals surface area contributed by atoms with Crippen LogP contribution < -0.4 is 4.90 Å². The van der Waals surface area contributed by atoms with E-state index >= 15 is 0 Å². The van der Waals surface area contributed by atoms with E-state index in [9.17, 15) is 18.7 Å². The highest BCUT2D eigenvalue weighted by atomic mass is 19.2. The fourth-order valence-corrected chi connectivity index (χ4v) is 3.46. The van der Waals surface area contributed by atoms with Crippen molar-refractivity contribution in [1.29, 1.82) is 0 Å². The first-order valence-electron chi connectivity index (χ1n) is 8.71. The van der Waals surface area contributed by atoms with Crippen LogP contribution in [0.4, 0.5) is 14.6 Å². The Morgan fingerprint density at radius 3 is 2.59 bits per heavy atom. The number of fused-ring (bicyclic) bond motifs is 1. The highest BCUT2D eigenvalue weighted by molar-refractivity contribution is 5.93. The summed E-state index contributed by atoms with van der Waals surface area (Å²) in [7, 11) is 0. The Balaban J connectivity index is 1.95. The highest BCUT2D eigenvalue weighted by Crippen LogP contribution is 2.34. The van der Waals surface area contributed by atoms with Crippen LogP contribution in [0.1, 0.15) is 30.1 Å². The number of benzene rings is 2. The maximum Gasteiger partial charge on any atom is 0.335 e. The second-order valence-electron chi connectivity index (χ2n) is 6.72. The van der Waals surface area contributed by atoms with Crippen LogP contribution in [0.5, 0.6) is 0 Å². The normalized spacial score (nSPS) is 16.9. The topological polar surface area (TPSA) is 66.3 Å². The lowest BCUT2D eigenvalue weighted by Crippen LogP contribution is -2.28. The molecule has 1 fully saturated rings. The van der Waals surface area contributed by atoms with Gasteiger partial charge in [-0.1, -0.05) is 0 Å². The summed E-state index contributed by atoms with van der Waals surface area (Å²) in [5.74, 6) is -2.36. The molecule has 138 valence electrons. The van der Waals surface area contributed by atoms with Crippen molar-refractivity contribution in [2.75, 3.05) is 11.4 Å². The number of anilines is 1. The quantitative estimate of drug-likeness (QED) is 0.747. The van der Waals surface area contributed by atoms with Gasteiger partial charge in [0, 0.05) is 18.2 Å². The minimum atomic E-state index is -1.04. The number of hydrogen-bond donors (Lipinski definition) is 1. The summed E-state index contributed by atoms with van der Waals surface area (Å²) in [6, 6.07) is 8.39. The number of nitrogens with zero attached hydrogens (tertiary/aromatic N) is 3. The monoisotopic (exact) mass is 369 g/mol. The third-order valence-corrected chi connectivity index (χ3v) is 4.91. The summed E-state index contributed by atoms with van der Waals surface area (Å²) in [6.45, 7) is 2.85. The predicted octanol–water partition coefficient (Wildman–Crippen LogP) is 4.26. The molecule has 0 spiro atoms. The minimum absolute atomic E-state index is 0.123. The Kier molecular flexibility index (Phi) is 4.22. The first-order chi connectivity index (χ1) is 12.9. The van der Waals surface area contributed by atoms with Gasteiger partial charge in [-0.25, -0.2) is 23.5 Å². The molecule has 0 aliphatic carbocycles. The summed E-state index contributed by atoms with van der Waals surface area (Å²) in [4.78, 5) is 22.6. The summed E-state index contributed by atoms with van der Waals surface area (Å²) in [5, 5.41) is 9.22. The molecule has 1 atom stereocenters. The number of carbonyl (C=O) groups is 1. The van der Waals surface area contributed by atoms with Crippen molar-refractivity contribution in [3.05, 3.63) is 53.6 Å². The molecule has 4 rings (SSSR count). The van der Waals surface area contributed by atoms with Crippen molar-refractivity contribution in [3.63, 3.8) is 0 Å². The fourth-order valence-electron chi connectivity index (χ4n) is 3.46. The zero-order valence-corrected chi connectivity index (χ0v) is 14.6. The van der Waals surface area contributed by atoms with E-state index in [0.717, 1.165) is 31.5 Å². The van der Waals surface area contributed by atoms with Gasteiger partial charge in [0.05, 0.1) is 16.6 Å². The standard InChI is InChI=1S/C20H17F2N3O2/c1-11-3-2-8-25(11)19-18(12-4-6-14(21)15(22)9-12)23-16-7-5-13(20(26)27)10-17(16)24-19/h4-7,9-11H,2-3,8H2,1H3,(H,26,27)/t11-/m0/s1. The van der Waals surface area contributed by atoms with Gasteiger partial charge in [0.1, 0.15) is 5.69 Å². The number of carboxylic acid groups (broad SMARTS) is 1. The Bertz CT molecular complexity index is 1050. The Morgan fingerprint density at radius 1 is 1.11 bits per heavy atom. The average molecular weight is 369 g/mol. The average Bonchev–Trinajstić information content (AvgIpc) is 3.08. The van der Waals surface area contributed by atoms with E-state index in [1.54, 1.807) is 6.07 Å². The molecule has 0 unspecified atom stereocenters. The smallest absolute Gasteiger partial charge is 0.335 e. The van der Waals surface area contributed by atoms with Crippen LogP contribution in [-0.2, 0) is 0 Å². The van der Waals surface area contributed by atoms with E-state index in [2.05, 4.69) is 21.8 Å². The summed E-state index contributed by atoms with van der Waals surface area (Å²) in [5.41, 5.74) is 1.96. The van der Waals surface area contributed by atoms with Gasteiger partial charge in [-0.05, 0) is 56.2 Å². The molecule has 0 saturated carbocycles. The van der Waals surface area contributed by atoms with Crippen LogP contribution >= 0.6 is 0 Å². The summed E-state index contributed by atoms with van der Waals surface area (Å²) >= 11 is 0. The van der Waals surface area contributed by atoms with Crippen molar-refractivity contribution >= 4 is 22.8 Å². The number of aromatic carboxylic acids is 1. The molecule has 3 aromatic rings. The van der Waals surface area contributed by atoms with Gasteiger partial charge < -0.3 is 10.0 Å². The van der Waals surface area contributed by atoms with Crippen LogP contribution in [0.3, 0.4) is 0 Å². The molecular weight excluding hydrogens is 352 g/mol. The number of carboxylic acids is 1. The van der Waals surface area contributed by atoms with E-state index < -0.39 is 17.6 Å². The molecule has 27 heavy (non-hydrogen) atoms. The molecule has 1 saturated heterocycles. The summed E-state index contributed by atoms with van der Waals surface area (Å²) < 4.78 is 27.2. The lowest BCUT2D eigenvalue weighted by Gasteiger charge is -2.25. The van der Waals surface area contributed by atoms with E-state index in [4.69, 9.17) is 0 Å². The molecular formula is C20H17F2N3O2. The van der Waals surface area contributed by atoms with Gasteiger partial charge >= 0.3 is 5.97 Å². The maximum absolute atomic E-state index is 13.8. The van der Waals surface area contributed by atoms with Crippen LogP contribution in [0, 0.1) is 11.6 Å². The van der Waals surface area contributed by atoms with Crippen molar-refractivity contribution in [2.45, 2.75) is 25.8 Å². The largest absolute Gasteiger partial charge is 0.478 e. The number of rotatable bonds is 3. The fraction of sp³-hybridized carbons (Fsp3) is 0.250. The van der Waals surface area contributed by atoms with E-state index in [1.165, 1.54) is 18.2 Å². The molecule has 1 N–H and O–H groups in total. The SMILES string of the molecule is C[C@H]1CCCN1c1nc2cc(C(=O)O)ccc2nc1-c1ccc(F)c(F)c1. The molecule has 0 radical (unpaired) electrons. The van der Waals surface area contributed by atoms with Crippen molar-refractivity contribution < 1.29 is 18.7 Å². The van der Waals surface area contributed by atoms with Gasteiger partial charge in [-0.15, -0.1) is 0 Å². The first kappa shape index (κ1) is 17.3. The minimum Gasteiger partial charge on any atom is -0.478 e. The zero-order chi connectivity index (χ0) is 19.1. The summed E-state index contributed by atoms with van der Waals surface area (Å²) in [6.07, 6.45) is 1.99. The molecule has 2 aromatic carbocycles. The van der Waals surface area contributed by atoms with Crippen molar-refractivity contribution in [1.82, 2.24) is 9.97 Å².